The van der Waals surface area contributed by atoms with Gasteiger partial charge in [-0.1, -0.05) is 206 Å². The smallest absolute Gasteiger partial charge is 0.107 e. The summed E-state index contributed by atoms with van der Waals surface area (Å²) in [5.74, 6) is 14.3. The predicted octanol–water partition coefficient (Wildman–Crippen LogP) is 10.3. The summed E-state index contributed by atoms with van der Waals surface area (Å²) in [4.78, 5) is 0. The molecule has 0 unspecified atom stereocenters. The standard InChI is InChI=1S/C49H33N/c50-38-41-37-39(33-35-48(42-19-7-1-8-20-42,43-21-9-2-10-22-43)44-23-11-3-12-24-44)31-32-40(41)34-36-49(45-25-13-4-14-26-45,46-27-15-5-16-28-46)47-29-17-6-18-30-47/h1-32,37H. The Morgan fingerprint density at radius 3 is 0.920 bits per heavy atom. The lowest BCUT2D eigenvalue weighted by molar-refractivity contribution is 0.809. The Hall–Kier alpha value is -6.85. The van der Waals surface area contributed by atoms with Crippen LogP contribution in [0.15, 0.2) is 200 Å². The van der Waals surface area contributed by atoms with Gasteiger partial charge in [-0.15, -0.1) is 0 Å². The maximum absolute atomic E-state index is 10.4. The van der Waals surface area contributed by atoms with E-state index in [2.05, 4.69) is 139 Å². The van der Waals surface area contributed by atoms with E-state index in [9.17, 15) is 5.26 Å². The van der Waals surface area contributed by atoms with Gasteiger partial charge in [0.25, 0.3) is 0 Å². The summed E-state index contributed by atoms with van der Waals surface area (Å²) in [6, 6.07) is 70.5. The summed E-state index contributed by atoms with van der Waals surface area (Å²) in [6.45, 7) is 0. The van der Waals surface area contributed by atoms with Crippen LogP contribution in [-0.2, 0) is 10.8 Å². The SMILES string of the molecule is N#Cc1cc(C#CC(c2ccccc2)(c2ccccc2)c2ccccc2)ccc1C#CC(c1ccccc1)(c1ccccc1)c1ccccc1. The van der Waals surface area contributed by atoms with Crippen molar-refractivity contribution in [3.63, 3.8) is 0 Å². The van der Waals surface area contributed by atoms with Crippen LogP contribution in [0.4, 0.5) is 0 Å². The predicted molar refractivity (Wildman–Crippen MR) is 203 cm³/mol. The van der Waals surface area contributed by atoms with Gasteiger partial charge >= 0.3 is 0 Å². The number of hydrogen-bond donors (Lipinski definition) is 0. The van der Waals surface area contributed by atoms with Gasteiger partial charge in [0.05, 0.1) is 5.56 Å². The molecule has 0 radical (unpaired) electrons. The highest BCUT2D eigenvalue weighted by molar-refractivity contribution is 5.63. The summed E-state index contributed by atoms with van der Waals surface area (Å²) >= 11 is 0. The zero-order chi connectivity index (χ0) is 34.1. The molecule has 7 rings (SSSR count). The molecule has 50 heavy (non-hydrogen) atoms. The van der Waals surface area contributed by atoms with Crippen molar-refractivity contribution in [3.8, 4) is 29.8 Å². The number of benzene rings is 7. The third-order valence-corrected chi connectivity index (χ3v) is 9.16. The molecule has 0 bridgehead atoms. The second-order valence-electron chi connectivity index (χ2n) is 12.1. The van der Waals surface area contributed by atoms with Crippen LogP contribution in [-0.4, -0.2) is 0 Å². The highest BCUT2D eigenvalue weighted by Crippen LogP contribution is 2.40. The summed E-state index contributed by atoms with van der Waals surface area (Å²) < 4.78 is 0. The lowest BCUT2D eigenvalue weighted by Gasteiger charge is -2.31. The summed E-state index contributed by atoms with van der Waals surface area (Å²) in [5.41, 5.74) is 6.82. The molecule has 234 valence electrons. The van der Waals surface area contributed by atoms with Crippen LogP contribution in [0, 0.1) is 35.0 Å². The molecule has 0 N–H and O–H groups in total. The summed E-state index contributed by atoms with van der Waals surface area (Å²) in [6.07, 6.45) is 0. The molecule has 0 amide bonds. The molecule has 0 aliphatic heterocycles. The first kappa shape index (κ1) is 31.7. The molecular weight excluding hydrogens is 603 g/mol. The first-order valence-electron chi connectivity index (χ1n) is 16.7. The maximum atomic E-state index is 10.4. The van der Waals surface area contributed by atoms with Gasteiger partial charge in [0.2, 0.25) is 0 Å². The molecule has 7 aromatic carbocycles. The molecular formula is C49H33N. The van der Waals surface area contributed by atoms with Gasteiger partial charge in [-0.2, -0.15) is 5.26 Å². The van der Waals surface area contributed by atoms with Gasteiger partial charge in [0, 0.05) is 11.1 Å². The van der Waals surface area contributed by atoms with E-state index in [4.69, 9.17) is 0 Å². The van der Waals surface area contributed by atoms with E-state index in [-0.39, 0.29) is 0 Å². The van der Waals surface area contributed by atoms with Gasteiger partial charge in [-0.05, 0) is 51.6 Å². The van der Waals surface area contributed by atoms with Gasteiger partial charge < -0.3 is 0 Å². The Labute approximate surface area is 295 Å². The second-order valence-corrected chi connectivity index (χ2v) is 12.1. The average Bonchev–Trinajstić information content (AvgIpc) is 3.21. The van der Waals surface area contributed by atoms with Crippen LogP contribution in [0.1, 0.15) is 50.1 Å². The molecule has 1 nitrogen and oxygen atoms in total. The fourth-order valence-electron chi connectivity index (χ4n) is 6.71. The molecule has 0 aromatic heterocycles. The van der Waals surface area contributed by atoms with E-state index in [1.807, 2.05) is 91.0 Å². The molecule has 0 atom stereocenters. The van der Waals surface area contributed by atoms with E-state index in [0.717, 1.165) is 38.9 Å². The third kappa shape index (κ3) is 6.12. The fourth-order valence-corrected chi connectivity index (χ4v) is 6.71. The van der Waals surface area contributed by atoms with Crippen molar-refractivity contribution < 1.29 is 0 Å². The first-order valence-corrected chi connectivity index (χ1v) is 16.7. The normalized spacial score (nSPS) is 10.9. The third-order valence-electron chi connectivity index (χ3n) is 9.16. The second kappa shape index (κ2) is 14.5. The van der Waals surface area contributed by atoms with Gasteiger partial charge in [-0.3, -0.25) is 0 Å². The monoisotopic (exact) mass is 635 g/mol. The fraction of sp³-hybridized carbons (Fsp3) is 0.0408. The molecule has 0 saturated heterocycles. The van der Waals surface area contributed by atoms with Crippen molar-refractivity contribution >= 4 is 0 Å². The van der Waals surface area contributed by atoms with Crippen LogP contribution < -0.4 is 0 Å². The Bertz CT molecular complexity index is 2160. The highest BCUT2D eigenvalue weighted by Gasteiger charge is 2.35. The molecule has 0 aliphatic carbocycles. The highest BCUT2D eigenvalue weighted by atomic mass is 14.4. The molecule has 0 saturated carbocycles. The largest absolute Gasteiger partial charge is 0.192 e. The van der Waals surface area contributed by atoms with E-state index in [1.54, 1.807) is 0 Å². The molecule has 0 heterocycles. The zero-order valence-electron chi connectivity index (χ0n) is 27.5. The zero-order valence-corrected chi connectivity index (χ0v) is 27.5. The van der Waals surface area contributed by atoms with Crippen LogP contribution in [0.3, 0.4) is 0 Å². The maximum Gasteiger partial charge on any atom is 0.107 e. The topological polar surface area (TPSA) is 23.8 Å². The minimum absolute atomic E-state index is 0.483. The number of nitriles is 1. The van der Waals surface area contributed by atoms with Crippen LogP contribution in [0.25, 0.3) is 0 Å². The quantitative estimate of drug-likeness (QED) is 0.132. The van der Waals surface area contributed by atoms with E-state index in [1.165, 1.54) is 0 Å². The molecule has 0 aliphatic rings. The summed E-state index contributed by atoms with van der Waals surface area (Å²) in [5, 5.41) is 10.4. The van der Waals surface area contributed by atoms with Crippen molar-refractivity contribution in [1.82, 2.24) is 0 Å². The molecule has 7 aromatic rings. The lowest BCUT2D eigenvalue weighted by atomic mass is 9.70. The van der Waals surface area contributed by atoms with E-state index >= 15 is 0 Å². The van der Waals surface area contributed by atoms with Crippen LogP contribution in [0.2, 0.25) is 0 Å². The minimum atomic E-state index is -0.754. The Morgan fingerprint density at radius 1 is 0.320 bits per heavy atom. The van der Waals surface area contributed by atoms with Gasteiger partial charge in [-0.25, -0.2) is 0 Å². The van der Waals surface area contributed by atoms with Crippen LogP contribution in [0.5, 0.6) is 0 Å². The number of hydrogen-bond acceptors (Lipinski definition) is 1. The van der Waals surface area contributed by atoms with Gasteiger partial charge in [0.1, 0.15) is 16.9 Å². The van der Waals surface area contributed by atoms with Crippen molar-refractivity contribution in [2.45, 2.75) is 10.8 Å². The van der Waals surface area contributed by atoms with Crippen LogP contribution >= 0.6 is 0 Å². The Morgan fingerprint density at radius 2 is 0.620 bits per heavy atom. The Kier molecular flexibility index (Phi) is 9.21. The number of rotatable bonds is 6. The van der Waals surface area contributed by atoms with Crippen molar-refractivity contribution in [2.75, 3.05) is 0 Å². The van der Waals surface area contributed by atoms with Crippen molar-refractivity contribution in [2.24, 2.45) is 0 Å². The molecule has 1 heteroatoms. The summed E-state index contributed by atoms with van der Waals surface area (Å²) in [7, 11) is 0. The number of nitrogens with zero attached hydrogens (tertiary/aromatic N) is 1. The van der Waals surface area contributed by atoms with E-state index in [0.29, 0.717) is 11.1 Å². The first-order chi connectivity index (χ1) is 24.7. The van der Waals surface area contributed by atoms with Crippen molar-refractivity contribution in [3.05, 3.63) is 250 Å². The van der Waals surface area contributed by atoms with Crippen molar-refractivity contribution in [1.29, 1.82) is 5.26 Å². The molecule has 0 spiro atoms. The Balaban J connectivity index is 1.38. The van der Waals surface area contributed by atoms with E-state index < -0.39 is 10.8 Å². The lowest BCUT2D eigenvalue weighted by Crippen LogP contribution is -2.27. The molecule has 0 fully saturated rings. The van der Waals surface area contributed by atoms with Gasteiger partial charge in [0.15, 0.2) is 0 Å². The average molecular weight is 636 g/mol. The minimum Gasteiger partial charge on any atom is -0.192 e.